The maximum Gasteiger partial charge on any atom is 0.333 e. The van der Waals surface area contributed by atoms with Crippen molar-refractivity contribution in [2.75, 3.05) is 4.90 Å². The number of rotatable bonds is 2. The number of carbonyl (C=O) groups is 1. The first kappa shape index (κ1) is 14.1. The zero-order valence-corrected chi connectivity index (χ0v) is 11.1. The molecule has 22 heavy (non-hydrogen) atoms. The Kier molecular flexibility index (Phi) is 3.32. The van der Waals surface area contributed by atoms with Crippen molar-refractivity contribution < 1.29 is 23.1 Å². The van der Waals surface area contributed by atoms with E-state index < -0.39 is 29.1 Å². The quantitative estimate of drug-likeness (QED) is 0.926. The molecule has 0 amide bonds. The molecule has 1 aliphatic heterocycles. The Morgan fingerprint density at radius 1 is 1.23 bits per heavy atom. The number of hydrogen-bond acceptors (Lipinski definition) is 3. The number of pyridine rings is 1. The Bertz CT molecular complexity index is 782. The standard InChI is InChI=1S/C15H9F3N2O2/c16-10-5-11(17)13(12(18)6-10)20-7-9(15(21)22)4-8-2-1-3-19-14(8)20/h1-3,5-7H,4H2,(H,21,22). The molecule has 0 spiro atoms. The van der Waals surface area contributed by atoms with E-state index in [4.69, 9.17) is 5.11 Å². The highest BCUT2D eigenvalue weighted by Crippen LogP contribution is 2.36. The van der Waals surface area contributed by atoms with E-state index in [1.54, 1.807) is 12.1 Å². The Morgan fingerprint density at radius 3 is 2.55 bits per heavy atom. The van der Waals surface area contributed by atoms with Crippen molar-refractivity contribution in [3.8, 4) is 0 Å². The van der Waals surface area contributed by atoms with Crippen molar-refractivity contribution in [3.05, 3.63) is 65.3 Å². The van der Waals surface area contributed by atoms with Gasteiger partial charge in [0.2, 0.25) is 0 Å². The topological polar surface area (TPSA) is 53.4 Å². The summed E-state index contributed by atoms with van der Waals surface area (Å²) in [4.78, 5) is 16.2. The second-order valence-electron chi connectivity index (χ2n) is 4.71. The van der Waals surface area contributed by atoms with Gasteiger partial charge in [-0.1, -0.05) is 6.07 Å². The Balaban J connectivity index is 2.23. The molecule has 1 aromatic carbocycles. The van der Waals surface area contributed by atoms with Crippen LogP contribution in [0.5, 0.6) is 0 Å². The first-order valence-electron chi connectivity index (χ1n) is 6.29. The van der Waals surface area contributed by atoms with Crippen LogP contribution in [0.2, 0.25) is 0 Å². The molecule has 7 heteroatoms. The number of anilines is 2. The van der Waals surface area contributed by atoms with Gasteiger partial charge in [-0.15, -0.1) is 0 Å². The Morgan fingerprint density at radius 2 is 1.91 bits per heavy atom. The van der Waals surface area contributed by atoms with Crippen LogP contribution < -0.4 is 4.90 Å². The first-order valence-corrected chi connectivity index (χ1v) is 6.29. The lowest BCUT2D eigenvalue weighted by Gasteiger charge is -2.27. The average molecular weight is 306 g/mol. The highest BCUT2D eigenvalue weighted by atomic mass is 19.1. The third kappa shape index (κ3) is 2.30. The minimum absolute atomic E-state index is 0.0522. The van der Waals surface area contributed by atoms with E-state index in [9.17, 15) is 18.0 Å². The van der Waals surface area contributed by atoms with Crippen LogP contribution in [0.3, 0.4) is 0 Å². The van der Waals surface area contributed by atoms with Crippen molar-refractivity contribution in [1.82, 2.24) is 4.98 Å². The van der Waals surface area contributed by atoms with Gasteiger partial charge in [0.15, 0.2) is 11.6 Å². The second kappa shape index (κ2) is 5.18. The van der Waals surface area contributed by atoms with Crippen LogP contribution in [-0.2, 0) is 11.2 Å². The van der Waals surface area contributed by atoms with Gasteiger partial charge in [0.05, 0.1) is 5.57 Å². The van der Waals surface area contributed by atoms with E-state index in [1.165, 1.54) is 6.20 Å². The van der Waals surface area contributed by atoms with Crippen molar-refractivity contribution in [2.45, 2.75) is 6.42 Å². The molecule has 0 saturated carbocycles. The van der Waals surface area contributed by atoms with Gasteiger partial charge >= 0.3 is 5.97 Å². The van der Waals surface area contributed by atoms with E-state index >= 15 is 0 Å². The van der Waals surface area contributed by atoms with Gasteiger partial charge in [0, 0.05) is 36.5 Å². The van der Waals surface area contributed by atoms with E-state index in [-0.39, 0.29) is 17.8 Å². The monoisotopic (exact) mass is 306 g/mol. The lowest BCUT2D eigenvalue weighted by Crippen LogP contribution is -2.23. The first-order chi connectivity index (χ1) is 10.5. The van der Waals surface area contributed by atoms with Gasteiger partial charge in [0.25, 0.3) is 0 Å². The summed E-state index contributed by atoms with van der Waals surface area (Å²) >= 11 is 0. The summed E-state index contributed by atoms with van der Waals surface area (Å²) in [6, 6.07) is 4.28. The van der Waals surface area contributed by atoms with Gasteiger partial charge in [-0.2, -0.15) is 0 Å². The van der Waals surface area contributed by atoms with E-state index in [0.29, 0.717) is 17.7 Å². The van der Waals surface area contributed by atoms with Crippen LogP contribution in [0, 0.1) is 17.5 Å². The zero-order chi connectivity index (χ0) is 15.9. The third-order valence-electron chi connectivity index (χ3n) is 3.26. The maximum absolute atomic E-state index is 14.0. The third-order valence-corrected chi connectivity index (χ3v) is 3.26. The number of aromatic nitrogens is 1. The van der Waals surface area contributed by atoms with Crippen LogP contribution in [-0.4, -0.2) is 16.1 Å². The summed E-state index contributed by atoms with van der Waals surface area (Å²) in [5.41, 5.74) is -0.117. The van der Waals surface area contributed by atoms with Crippen molar-refractivity contribution in [2.24, 2.45) is 0 Å². The molecule has 1 aromatic heterocycles. The summed E-state index contributed by atoms with van der Waals surface area (Å²) in [5, 5.41) is 9.15. The smallest absolute Gasteiger partial charge is 0.333 e. The van der Waals surface area contributed by atoms with E-state index in [2.05, 4.69) is 4.98 Å². The molecule has 0 atom stereocenters. The minimum atomic E-state index is -1.21. The fourth-order valence-corrected chi connectivity index (χ4v) is 2.32. The van der Waals surface area contributed by atoms with Crippen LogP contribution in [0.4, 0.5) is 24.7 Å². The SMILES string of the molecule is O=C(O)C1=CN(c2c(F)cc(F)cc2F)c2ncccc2C1. The minimum Gasteiger partial charge on any atom is -0.478 e. The molecular weight excluding hydrogens is 297 g/mol. The number of halogens is 3. The fourth-order valence-electron chi connectivity index (χ4n) is 2.32. The van der Waals surface area contributed by atoms with E-state index in [1.807, 2.05) is 0 Å². The van der Waals surface area contributed by atoms with Crippen LogP contribution in [0.1, 0.15) is 5.56 Å². The Hall–Kier alpha value is -2.83. The number of aliphatic carboxylic acids is 1. The summed E-state index contributed by atoms with van der Waals surface area (Å²) in [5.74, 6) is -4.34. The highest BCUT2D eigenvalue weighted by Gasteiger charge is 2.27. The van der Waals surface area contributed by atoms with Gasteiger partial charge in [-0.25, -0.2) is 22.9 Å². The Labute approximate surface area is 123 Å². The molecule has 3 rings (SSSR count). The summed E-state index contributed by atoms with van der Waals surface area (Å²) < 4.78 is 41.0. The van der Waals surface area contributed by atoms with Crippen LogP contribution in [0.15, 0.2) is 42.2 Å². The molecule has 0 fully saturated rings. The van der Waals surface area contributed by atoms with Gasteiger partial charge < -0.3 is 5.11 Å². The van der Waals surface area contributed by atoms with Gasteiger partial charge in [0.1, 0.15) is 17.3 Å². The molecule has 2 heterocycles. The molecular formula is C15H9F3N2O2. The van der Waals surface area contributed by atoms with Gasteiger partial charge in [-0.05, 0) is 6.07 Å². The molecule has 0 aliphatic carbocycles. The molecule has 112 valence electrons. The zero-order valence-electron chi connectivity index (χ0n) is 11.1. The predicted molar refractivity (Wildman–Crippen MR) is 72.1 cm³/mol. The lowest BCUT2D eigenvalue weighted by atomic mass is 10.0. The van der Waals surface area contributed by atoms with Crippen LogP contribution >= 0.6 is 0 Å². The largest absolute Gasteiger partial charge is 0.478 e. The summed E-state index contributed by atoms with van der Waals surface area (Å²) in [6.07, 6.45) is 2.60. The summed E-state index contributed by atoms with van der Waals surface area (Å²) in [7, 11) is 0. The number of benzene rings is 1. The van der Waals surface area contributed by atoms with Crippen LogP contribution in [0.25, 0.3) is 0 Å². The predicted octanol–water partition coefficient (Wildman–Crippen LogP) is 3.16. The highest BCUT2D eigenvalue weighted by molar-refractivity contribution is 5.90. The van der Waals surface area contributed by atoms with Crippen molar-refractivity contribution in [1.29, 1.82) is 0 Å². The van der Waals surface area contributed by atoms with Crippen molar-refractivity contribution >= 4 is 17.5 Å². The number of fused-ring (bicyclic) bond motifs is 1. The normalized spacial score (nSPS) is 13.6. The number of nitrogens with zero attached hydrogens (tertiary/aromatic N) is 2. The van der Waals surface area contributed by atoms with Gasteiger partial charge in [-0.3, -0.25) is 4.90 Å². The van der Waals surface area contributed by atoms with E-state index in [0.717, 1.165) is 11.1 Å². The average Bonchev–Trinajstić information content (AvgIpc) is 2.45. The summed E-state index contributed by atoms with van der Waals surface area (Å²) in [6.45, 7) is 0. The maximum atomic E-state index is 14.0. The number of carboxylic acid groups (broad SMARTS) is 1. The molecule has 4 nitrogen and oxygen atoms in total. The molecule has 1 N–H and O–H groups in total. The molecule has 0 radical (unpaired) electrons. The molecule has 0 saturated heterocycles. The number of carboxylic acids is 1. The second-order valence-corrected chi connectivity index (χ2v) is 4.71. The molecule has 1 aliphatic rings. The molecule has 0 unspecified atom stereocenters. The molecule has 2 aromatic rings. The number of hydrogen-bond donors (Lipinski definition) is 1. The van der Waals surface area contributed by atoms with Crippen molar-refractivity contribution in [3.63, 3.8) is 0 Å². The fraction of sp³-hybridized carbons (Fsp3) is 0.0667. The molecule has 0 bridgehead atoms. The lowest BCUT2D eigenvalue weighted by molar-refractivity contribution is -0.132.